The van der Waals surface area contributed by atoms with Gasteiger partial charge < -0.3 is 15.4 Å². The summed E-state index contributed by atoms with van der Waals surface area (Å²) in [7, 11) is 0. The molecule has 0 unspecified atom stereocenters. The molecule has 184 valence electrons. The van der Waals surface area contributed by atoms with E-state index in [4.69, 9.17) is 0 Å². The number of anilines is 1. The number of allylic oxidation sites excluding steroid dienone is 1. The molecule has 0 saturated heterocycles. The number of nitrogens with one attached hydrogen (secondary N) is 2. The van der Waals surface area contributed by atoms with Crippen LogP contribution in [0.3, 0.4) is 0 Å². The average molecular weight is 471 g/mol. The second-order valence-corrected chi connectivity index (χ2v) is 9.07. The second kappa shape index (κ2) is 14.2. The van der Waals surface area contributed by atoms with Crippen molar-refractivity contribution in [2.75, 3.05) is 11.9 Å². The van der Waals surface area contributed by atoms with E-state index < -0.39 is 0 Å². The molecule has 1 atom stereocenters. The van der Waals surface area contributed by atoms with Crippen molar-refractivity contribution in [3.8, 4) is 0 Å². The van der Waals surface area contributed by atoms with Gasteiger partial charge in [0.05, 0.1) is 5.69 Å². The molecule has 0 aliphatic heterocycles. The van der Waals surface area contributed by atoms with Gasteiger partial charge in [-0.2, -0.15) is 0 Å². The van der Waals surface area contributed by atoms with Gasteiger partial charge in [-0.05, 0) is 68.5 Å². The van der Waals surface area contributed by atoms with E-state index in [-0.39, 0.29) is 6.04 Å². The number of aromatic nitrogens is 2. The summed E-state index contributed by atoms with van der Waals surface area (Å²) in [5.74, 6) is 0.847. The fraction of sp³-hybridized carbons (Fsp3) is 0.367. The number of aryl methyl sites for hydroxylation is 1. The molecular formula is C30H38N4O. The Morgan fingerprint density at radius 2 is 1.71 bits per heavy atom. The number of carbonyl (C=O) groups is 1. The summed E-state index contributed by atoms with van der Waals surface area (Å²) in [5.41, 5.74) is 6.83. The van der Waals surface area contributed by atoms with Crippen LogP contribution in [-0.4, -0.2) is 22.8 Å². The number of carbonyl (C=O) groups excluding carboxylic acids is 1. The highest BCUT2D eigenvalue weighted by atomic mass is 16.1. The summed E-state index contributed by atoms with van der Waals surface area (Å²) >= 11 is 0. The molecule has 0 radical (unpaired) electrons. The van der Waals surface area contributed by atoms with Gasteiger partial charge in [0.15, 0.2) is 0 Å². The van der Waals surface area contributed by atoms with Gasteiger partial charge >= 0.3 is 0 Å². The van der Waals surface area contributed by atoms with Crippen LogP contribution in [0.25, 0.3) is 11.6 Å². The van der Waals surface area contributed by atoms with E-state index >= 15 is 0 Å². The molecular weight excluding hydrogens is 432 g/mol. The lowest BCUT2D eigenvalue weighted by atomic mass is 10.0. The highest BCUT2D eigenvalue weighted by Crippen LogP contribution is 2.26. The SMILES string of the molecule is C/C(=C\c1c(C)ncnc1N[C@H](C)c1ccccc1)c1ccc(CNCCCCCCC=O)cc1. The highest BCUT2D eigenvalue weighted by molar-refractivity contribution is 5.84. The van der Waals surface area contributed by atoms with Gasteiger partial charge in [0, 0.05) is 24.6 Å². The quantitative estimate of drug-likeness (QED) is 0.201. The lowest BCUT2D eigenvalue weighted by Crippen LogP contribution is -2.14. The van der Waals surface area contributed by atoms with Crippen molar-refractivity contribution in [3.05, 3.63) is 88.9 Å². The van der Waals surface area contributed by atoms with Crippen LogP contribution in [0, 0.1) is 6.92 Å². The number of benzene rings is 2. The lowest BCUT2D eigenvalue weighted by Gasteiger charge is -2.17. The summed E-state index contributed by atoms with van der Waals surface area (Å²) < 4.78 is 0. The Bertz CT molecular complexity index is 1080. The first-order valence-corrected chi connectivity index (χ1v) is 12.6. The molecule has 0 amide bonds. The fourth-order valence-electron chi connectivity index (χ4n) is 4.05. The zero-order valence-corrected chi connectivity index (χ0v) is 21.3. The van der Waals surface area contributed by atoms with Crippen LogP contribution in [-0.2, 0) is 11.3 Å². The summed E-state index contributed by atoms with van der Waals surface area (Å²) in [6.07, 6.45) is 9.96. The van der Waals surface area contributed by atoms with Crippen LogP contribution < -0.4 is 10.6 Å². The van der Waals surface area contributed by atoms with Gasteiger partial charge in [0.25, 0.3) is 0 Å². The predicted molar refractivity (Wildman–Crippen MR) is 146 cm³/mol. The van der Waals surface area contributed by atoms with Gasteiger partial charge in [0.1, 0.15) is 18.4 Å². The van der Waals surface area contributed by atoms with Gasteiger partial charge in [-0.25, -0.2) is 9.97 Å². The normalized spacial score (nSPS) is 12.4. The van der Waals surface area contributed by atoms with Crippen LogP contribution in [0.4, 0.5) is 5.82 Å². The van der Waals surface area contributed by atoms with Crippen molar-refractivity contribution in [1.82, 2.24) is 15.3 Å². The maximum Gasteiger partial charge on any atom is 0.137 e. The highest BCUT2D eigenvalue weighted by Gasteiger charge is 2.11. The van der Waals surface area contributed by atoms with Crippen molar-refractivity contribution in [2.45, 2.75) is 65.5 Å². The molecule has 0 saturated carbocycles. The van der Waals surface area contributed by atoms with Crippen molar-refractivity contribution in [3.63, 3.8) is 0 Å². The average Bonchev–Trinajstić information content (AvgIpc) is 2.88. The van der Waals surface area contributed by atoms with Crippen molar-refractivity contribution in [2.24, 2.45) is 0 Å². The van der Waals surface area contributed by atoms with E-state index in [1.807, 2.05) is 13.0 Å². The van der Waals surface area contributed by atoms with E-state index in [0.717, 1.165) is 55.7 Å². The third-order valence-electron chi connectivity index (χ3n) is 6.26. The maximum atomic E-state index is 10.3. The van der Waals surface area contributed by atoms with Crippen LogP contribution in [0.15, 0.2) is 60.9 Å². The minimum absolute atomic E-state index is 0.140. The molecule has 35 heavy (non-hydrogen) atoms. The number of unbranched alkanes of at least 4 members (excludes halogenated alkanes) is 4. The molecule has 3 aromatic rings. The molecule has 0 aliphatic carbocycles. The molecule has 5 heteroatoms. The van der Waals surface area contributed by atoms with Crippen LogP contribution in [0.2, 0.25) is 0 Å². The Labute approximate surface area is 210 Å². The topological polar surface area (TPSA) is 66.9 Å². The first-order chi connectivity index (χ1) is 17.1. The zero-order valence-electron chi connectivity index (χ0n) is 21.3. The van der Waals surface area contributed by atoms with Gasteiger partial charge in [-0.3, -0.25) is 0 Å². The summed E-state index contributed by atoms with van der Waals surface area (Å²) in [5, 5.41) is 7.08. The maximum absolute atomic E-state index is 10.3. The summed E-state index contributed by atoms with van der Waals surface area (Å²) in [4.78, 5) is 19.3. The van der Waals surface area contributed by atoms with E-state index in [9.17, 15) is 4.79 Å². The van der Waals surface area contributed by atoms with Crippen LogP contribution in [0.5, 0.6) is 0 Å². The van der Waals surface area contributed by atoms with Crippen molar-refractivity contribution >= 4 is 23.8 Å². The number of aldehydes is 1. The standard InChI is InChI=1S/C30H38N4O/c1-23(27-16-14-26(15-17-27)21-31-18-10-5-4-6-11-19-35)20-29-25(3)32-22-33-30(29)34-24(2)28-12-8-7-9-13-28/h7-9,12-17,19-20,22,24,31H,4-6,10-11,18,21H2,1-3H3,(H,32,33,34)/b23-20+/t24-/m1/s1. The fourth-order valence-corrected chi connectivity index (χ4v) is 4.05. The molecule has 0 fully saturated rings. The predicted octanol–water partition coefficient (Wildman–Crippen LogP) is 6.76. The number of rotatable bonds is 14. The molecule has 1 aromatic heterocycles. The first kappa shape index (κ1) is 26.3. The molecule has 0 bridgehead atoms. The van der Waals surface area contributed by atoms with Crippen molar-refractivity contribution < 1.29 is 4.79 Å². The second-order valence-electron chi connectivity index (χ2n) is 9.07. The number of hydrogen-bond acceptors (Lipinski definition) is 5. The third kappa shape index (κ3) is 8.45. The Morgan fingerprint density at radius 1 is 0.971 bits per heavy atom. The Hall–Kier alpha value is -3.31. The number of nitrogens with zero attached hydrogens (tertiary/aromatic N) is 2. The van der Waals surface area contributed by atoms with E-state index in [1.165, 1.54) is 28.7 Å². The Morgan fingerprint density at radius 3 is 2.46 bits per heavy atom. The van der Waals surface area contributed by atoms with Crippen molar-refractivity contribution in [1.29, 1.82) is 0 Å². The van der Waals surface area contributed by atoms with Crippen LogP contribution in [0.1, 0.15) is 79.9 Å². The smallest absolute Gasteiger partial charge is 0.137 e. The van der Waals surface area contributed by atoms with Gasteiger partial charge in [-0.1, -0.05) is 67.4 Å². The number of hydrogen-bond donors (Lipinski definition) is 2. The molecule has 3 rings (SSSR count). The molecule has 2 aromatic carbocycles. The third-order valence-corrected chi connectivity index (χ3v) is 6.26. The molecule has 2 N–H and O–H groups in total. The van der Waals surface area contributed by atoms with E-state index in [2.05, 4.69) is 89.1 Å². The summed E-state index contributed by atoms with van der Waals surface area (Å²) in [6, 6.07) is 19.3. The van der Waals surface area contributed by atoms with Crippen LogP contribution >= 0.6 is 0 Å². The largest absolute Gasteiger partial charge is 0.363 e. The summed E-state index contributed by atoms with van der Waals surface area (Å²) in [6.45, 7) is 8.18. The first-order valence-electron chi connectivity index (χ1n) is 12.6. The monoisotopic (exact) mass is 470 g/mol. The molecule has 0 spiro atoms. The lowest BCUT2D eigenvalue weighted by molar-refractivity contribution is -0.107. The minimum atomic E-state index is 0.140. The Balaban J connectivity index is 1.59. The van der Waals surface area contributed by atoms with Gasteiger partial charge in [0.2, 0.25) is 0 Å². The molecule has 1 heterocycles. The van der Waals surface area contributed by atoms with E-state index in [1.54, 1.807) is 6.33 Å². The molecule has 5 nitrogen and oxygen atoms in total. The minimum Gasteiger partial charge on any atom is -0.363 e. The van der Waals surface area contributed by atoms with Gasteiger partial charge in [-0.15, -0.1) is 0 Å². The molecule has 0 aliphatic rings. The van der Waals surface area contributed by atoms with E-state index in [0.29, 0.717) is 6.42 Å². The zero-order chi connectivity index (χ0) is 24.9. The Kier molecular flexibility index (Phi) is 10.6.